The van der Waals surface area contributed by atoms with Crippen LogP contribution in [0.3, 0.4) is 0 Å². The van der Waals surface area contributed by atoms with E-state index in [1.165, 1.54) is 0 Å². The van der Waals surface area contributed by atoms with Crippen LogP contribution in [0, 0.1) is 63.7 Å². The van der Waals surface area contributed by atoms with E-state index in [4.69, 9.17) is 0 Å². The summed E-state index contributed by atoms with van der Waals surface area (Å²) in [5.74, 6) is 1.08. The minimum atomic E-state index is 0. The predicted molar refractivity (Wildman–Crippen MR) is 82.4 cm³/mol. The van der Waals surface area contributed by atoms with Crippen molar-refractivity contribution in [3.05, 3.63) is 106 Å². The summed E-state index contributed by atoms with van der Waals surface area (Å²) < 4.78 is 0. The maximum atomic E-state index is 10.6. The minimum absolute atomic E-state index is 0. The number of allylic oxidation sites excluding steroid dienone is 2. The van der Waals surface area contributed by atoms with Crippen LogP contribution in [0.4, 0.5) is 0 Å². The average molecular weight is 316 g/mol. The van der Waals surface area contributed by atoms with Crippen LogP contribution in [-0.2, 0) is 21.9 Å². The smallest absolute Gasteiger partial charge is 0.299 e. The number of carbonyl (C=O) groups is 1. The molecule has 1 aromatic rings. The Morgan fingerprint density at radius 1 is 0.762 bits per heavy atom. The first-order chi connectivity index (χ1) is 9.92. The molecule has 21 heavy (non-hydrogen) atoms. The molecule has 104 valence electrons. The molecule has 0 amide bonds. The van der Waals surface area contributed by atoms with Crippen LogP contribution >= 0.6 is 0 Å². The molecule has 10 radical (unpaired) electrons. The SMILES string of the molecule is O=C/C=C(\[C]1[CH][CH][CH][CH]1)c1ccccc1.[CH]1[CH][CH][CH][CH]1.[Fe+2]. The van der Waals surface area contributed by atoms with Crippen molar-refractivity contribution in [2.75, 3.05) is 0 Å². The van der Waals surface area contributed by atoms with Crippen molar-refractivity contribution in [2.45, 2.75) is 0 Å². The molecule has 2 saturated carbocycles. The fourth-order valence-corrected chi connectivity index (χ4v) is 1.92. The molecular weight excluding hydrogens is 300 g/mol. The van der Waals surface area contributed by atoms with Gasteiger partial charge in [-0.15, -0.1) is 0 Å². The first-order valence-corrected chi connectivity index (χ1v) is 6.51. The summed E-state index contributed by atoms with van der Waals surface area (Å²) in [7, 11) is 0. The second-order valence-electron chi connectivity index (χ2n) is 4.22. The second-order valence-corrected chi connectivity index (χ2v) is 4.22. The van der Waals surface area contributed by atoms with Crippen molar-refractivity contribution >= 4 is 11.9 Å². The zero-order chi connectivity index (χ0) is 14.0. The van der Waals surface area contributed by atoms with Crippen molar-refractivity contribution in [3.63, 3.8) is 0 Å². The van der Waals surface area contributed by atoms with Gasteiger partial charge in [0.05, 0.1) is 0 Å². The Kier molecular flexibility index (Phi) is 9.37. The van der Waals surface area contributed by atoms with Gasteiger partial charge in [-0.2, -0.15) is 0 Å². The molecule has 2 aliphatic carbocycles. The Morgan fingerprint density at radius 2 is 1.29 bits per heavy atom. The Balaban J connectivity index is 0.000000313. The second kappa shape index (κ2) is 10.8. The number of rotatable bonds is 3. The van der Waals surface area contributed by atoms with Crippen LogP contribution in [-0.4, -0.2) is 6.29 Å². The number of benzene rings is 1. The van der Waals surface area contributed by atoms with E-state index in [-0.39, 0.29) is 17.1 Å². The summed E-state index contributed by atoms with van der Waals surface area (Å²) in [5.41, 5.74) is 2.03. The minimum Gasteiger partial charge on any atom is -0.299 e. The van der Waals surface area contributed by atoms with E-state index in [1.54, 1.807) is 6.08 Å². The topological polar surface area (TPSA) is 17.1 Å². The van der Waals surface area contributed by atoms with Gasteiger partial charge in [0.1, 0.15) is 6.29 Å². The van der Waals surface area contributed by atoms with Gasteiger partial charge in [-0.05, 0) is 75.0 Å². The Bertz CT molecular complexity index is 407. The summed E-state index contributed by atoms with van der Waals surface area (Å²) in [4.78, 5) is 10.6. The molecule has 0 saturated heterocycles. The van der Waals surface area contributed by atoms with E-state index in [0.29, 0.717) is 0 Å². The van der Waals surface area contributed by atoms with Gasteiger partial charge in [-0.25, -0.2) is 0 Å². The average Bonchev–Trinajstić information content (AvgIpc) is 3.21. The van der Waals surface area contributed by atoms with Crippen LogP contribution in [0.15, 0.2) is 36.4 Å². The summed E-state index contributed by atoms with van der Waals surface area (Å²) >= 11 is 0. The van der Waals surface area contributed by atoms with Crippen LogP contribution in [0.1, 0.15) is 5.56 Å². The fourth-order valence-electron chi connectivity index (χ4n) is 1.92. The molecule has 2 aliphatic rings. The molecule has 0 heterocycles. The van der Waals surface area contributed by atoms with Gasteiger partial charge in [0, 0.05) is 5.92 Å². The molecule has 2 fully saturated rings. The molecule has 0 aromatic heterocycles. The van der Waals surface area contributed by atoms with Gasteiger partial charge in [-0.3, -0.25) is 4.79 Å². The molecule has 0 bridgehead atoms. The Hall–Kier alpha value is -0.851. The summed E-state index contributed by atoms with van der Waals surface area (Å²) in [5, 5.41) is 0. The van der Waals surface area contributed by atoms with E-state index in [0.717, 1.165) is 23.3 Å². The van der Waals surface area contributed by atoms with E-state index < -0.39 is 0 Å². The van der Waals surface area contributed by atoms with Gasteiger partial charge >= 0.3 is 17.1 Å². The van der Waals surface area contributed by atoms with Gasteiger partial charge in [0.15, 0.2) is 0 Å². The molecule has 1 aromatic carbocycles. The number of carbonyl (C=O) groups excluding carboxylic acids is 1. The third-order valence-corrected chi connectivity index (χ3v) is 2.85. The molecule has 3 rings (SSSR count). The summed E-state index contributed by atoms with van der Waals surface area (Å²) in [6.07, 6.45) is 20.4. The van der Waals surface area contributed by atoms with Crippen molar-refractivity contribution in [1.29, 1.82) is 0 Å². The zero-order valence-electron chi connectivity index (χ0n) is 11.5. The van der Waals surface area contributed by atoms with E-state index in [2.05, 4.69) is 0 Å². The van der Waals surface area contributed by atoms with Gasteiger partial charge < -0.3 is 0 Å². The Labute approximate surface area is 139 Å². The van der Waals surface area contributed by atoms with E-state index in [1.807, 2.05) is 88.1 Å². The standard InChI is InChI=1S/C14H11O.C5H5.Fe/c15-11-10-14(13-8-4-5-9-13)12-6-2-1-3-7-12;1-2-4-5-3-1;/h1-11H;1-5H;/q;;+2/b14-10-;;. The monoisotopic (exact) mass is 316 g/mol. The quantitative estimate of drug-likeness (QED) is 0.472. The van der Waals surface area contributed by atoms with E-state index >= 15 is 0 Å². The Morgan fingerprint density at radius 3 is 1.76 bits per heavy atom. The molecule has 0 N–H and O–H groups in total. The molecule has 0 unspecified atom stereocenters. The van der Waals surface area contributed by atoms with Crippen molar-refractivity contribution < 1.29 is 21.9 Å². The van der Waals surface area contributed by atoms with Crippen LogP contribution < -0.4 is 0 Å². The molecule has 0 atom stereocenters. The third-order valence-electron chi connectivity index (χ3n) is 2.85. The molecule has 0 spiro atoms. The van der Waals surface area contributed by atoms with Crippen LogP contribution in [0.5, 0.6) is 0 Å². The fraction of sp³-hybridized carbons (Fsp3) is 0. The van der Waals surface area contributed by atoms with Crippen LogP contribution in [0.2, 0.25) is 0 Å². The zero-order valence-corrected chi connectivity index (χ0v) is 12.6. The van der Waals surface area contributed by atoms with Crippen molar-refractivity contribution in [3.8, 4) is 0 Å². The third kappa shape index (κ3) is 6.20. The van der Waals surface area contributed by atoms with Gasteiger partial charge in [0.25, 0.3) is 0 Å². The first-order valence-electron chi connectivity index (χ1n) is 6.51. The first kappa shape index (κ1) is 18.2. The summed E-state index contributed by atoms with van der Waals surface area (Å²) in [6.45, 7) is 0. The normalized spacial score (nSPS) is 18.6. The van der Waals surface area contributed by atoms with Gasteiger partial charge in [-0.1, -0.05) is 30.3 Å². The van der Waals surface area contributed by atoms with Gasteiger partial charge in [0.2, 0.25) is 0 Å². The van der Waals surface area contributed by atoms with E-state index in [9.17, 15) is 4.79 Å². The number of aldehydes is 1. The molecule has 0 aliphatic heterocycles. The summed E-state index contributed by atoms with van der Waals surface area (Å²) in [6, 6.07) is 9.91. The predicted octanol–water partition coefficient (Wildman–Crippen LogP) is 3.69. The number of hydrogen-bond acceptors (Lipinski definition) is 1. The maximum absolute atomic E-state index is 10.6. The number of hydrogen-bond donors (Lipinski definition) is 0. The molecular formula is C19H16FeO+2. The molecule has 1 nitrogen and oxygen atoms in total. The van der Waals surface area contributed by atoms with Crippen molar-refractivity contribution in [1.82, 2.24) is 0 Å². The largest absolute Gasteiger partial charge is 2.00 e. The maximum Gasteiger partial charge on any atom is 2.00 e. The van der Waals surface area contributed by atoms with Crippen molar-refractivity contribution in [2.24, 2.45) is 0 Å². The molecule has 2 heteroatoms. The van der Waals surface area contributed by atoms with Crippen LogP contribution in [0.25, 0.3) is 5.57 Å².